The molecule has 0 amide bonds. The van der Waals surface area contributed by atoms with Crippen LogP contribution in [0.3, 0.4) is 0 Å². The minimum Gasteiger partial charge on any atom is -0.293 e. The second kappa shape index (κ2) is 3.82. The van der Waals surface area contributed by atoms with Crippen LogP contribution >= 0.6 is 0 Å². The molecule has 0 unspecified atom stereocenters. The molecule has 2 aliphatic carbocycles. The molecule has 0 bridgehead atoms. The van der Waals surface area contributed by atoms with E-state index in [9.17, 15) is 10.1 Å². The molecule has 0 saturated heterocycles. The zero-order valence-corrected chi connectivity index (χ0v) is 12.4. The molecule has 20 heavy (non-hydrogen) atoms. The molecule has 0 aromatic carbocycles. The minimum atomic E-state index is -0.510. The normalized spacial score (nSPS) is 31.1. The van der Waals surface area contributed by atoms with Gasteiger partial charge in [0, 0.05) is 24.1 Å². The lowest BCUT2D eigenvalue weighted by Gasteiger charge is -2.49. The van der Waals surface area contributed by atoms with E-state index in [0.29, 0.717) is 0 Å². The molecule has 0 fully saturated rings. The quantitative estimate of drug-likeness (QED) is 0.726. The highest BCUT2D eigenvalue weighted by Gasteiger charge is 2.54. The van der Waals surface area contributed by atoms with Crippen LogP contribution in [0.4, 0.5) is 0 Å². The first-order valence-electron chi connectivity index (χ1n) is 7.01. The zero-order valence-electron chi connectivity index (χ0n) is 12.4. The maximum atomic E-state index is 12.5. The van der Waals surface area contributed by atoms with Gasteiger partial charge in [-0.15, -0.1) is 0 Å². The van der Waals surface area contributed by atoms with Gasteiger partial charge in [-0.25, -0.2) is 0 Å². The predicted molar refractivity (Wildman–Crippen MR) is 74.9 cm³/mol. The number of carbonyl (C=O) groups excluding carboxylic acids is 1. The van der Waals surface area contributed by atoms with Crippen LogP contribution in [0, 0.1) is 22.7 Å². The van der Waals surface area contributed by atoms with Crippen molar-refractivity contribution in [2.75, 3.05) is 0 Å². The smallest absolute Gasteiger partial charge is 0.178 e. The van der Waals surface area contributed by atoms with Crippen LogP contribution in [0.25, 0.3) is 0 Å². The van der Waals surface area contributed by atoms with Crippen LogP contribution in [-0.2, 0) is 23.7 Å². The van der Waals surface area contributed by atoms with Crippen molar-refractivity contribution in [3.05, 3.63) is 29.1 Å². The minimum absolute atomic E-state index is 0.0261. The van der Waals surface area contributed by atoms with Gasteiger partial charge in [0.25, 0.3) is 0 Å². The summed E-state index contributed by atoms with van der Waals surface area (Å²) in [6.45, 7) is 6.06. The molecule has 0 radical (unpaired) electrons. The number of ketones is 1. The summed E-state index contributed by atoms with van der Waals surface area (Å²) in [7, 11) is 1.92. The molecule has 3 rings (SSSR count). The van der Waals surface area contributed by atoms with Gasteiger partial charge in [-0.05, 0) is 24.3 Å². The van der Waals surface area contributed by atoms with Crippen molar-refractivity contribution in [3.8, 4) is 6.07 Å². The second-order valence-corrected chi connectivity index (χ2v) is 6.77. The average Bonchev–Trinajstić information content (AvgIpc) is 2.76. The summed E-state index contributed by atoms with van der Waals surface area (Å²) in [5, 5.41) is 13.9. The van der Waals surface area contributed by atoms with Gasteiger partial charge in [-0.3, -0.25) is 9.48 Å². The molecule has 4 heteroatoms. The van der Waals surface area contributed by atoms with Crippen molar-refractivity contribution in [3.63, 3.8) is 0 Å². The van der Waals surface area contributed by atoms with E-state index in [0.717, 1.165) is 18.5 Å². The van der Waals surface area contributed by atoms with E-state index in [1.165, 1.54) is 5.56 Å². The maximum absolute atomic E-state index is 12.5. The van der Waals surface area contributed by atoms with Crippen molar-refractivity contribution >= 4 is 5.78 Å². The first-order chi connectivity index (χ1) is 9.30. The molecule has 0 spiro atoms. The van der Waals surface area contributed by atoms with E-state index in [-0.39, 0.29) is 22.7 Å². The Morgan fingerprint density at radius 1 is 1.45 bits per heavy atom. The lowest BCUT2D eigenvalue weighted by Crippen LogP contribution is -2.51. The van der Waals surface area contributed by atoms with Crippen LogP contribution in [0.15, 0.2) is 17.8 Å². The van der Waals surface area contributed by atoms with E-state index >= 15 is 0 Å². The lowest BCUT2D eigenvalue weighted by atomic mass is 9.52. The first-order valence-corrected chi connectivity index (χ1v) is 7.01. The average molecular weight is 269 g/mol. The molecule has 1 aromatic rings. The monoisotopic (exact) mass is 269 g/mol. The number of aryl methyl sites for hydroxylation is 2. The molecular weight excluding hydrogens is 250 g/mol. The van der Waals surface area contributed by atoms with Gasteiger partial charge in [-0.1, -0.05) is 26.8 Å². The molecule has 1 heterocycles. The van der Waals surface area contributed by atoms with Gasteiger partial charge in [-0.2, -0.15) is 10.4 Å². The van der Waals surface area contributed by atoms with Gasteiger partial charge < -0.3 is 0 Å². The number of carbonyl (C=O) groups is 1. The summed E-state index contributed by atoms with van der Waals surface area (Å²) in [6.07, 6.45) is 5.83. The summed E-state index contributed by atoms with van der Waals surface area (Å²) in [6, 6.07) is 2.08. The lowest BCUT2D eigenvalue weighted by molar-refractivity contribution is -0.128. The summed E-state index contributed by atoms with van der Waals surface area (Å²) in [5.74, 6) is 0.170. The van der Waals surface area contributed by atoms with E-state index in [1.807, 2.05) is 31.7 Å². The fourth-order valence-corrected chi connectivity index (χ4v) is 4.17. The third-order valence-electron chi connectivity index (χ3n) is 5.11. The molecule has 2 atom stereocenters. The van der Waals surface area contributed by atoms with Gasteiger partial charge in [0.1, 0.15) is 6.07 Å². The van der Waals surface area contributed by atoms with Crippen LogP contribution < -0.4 is 0 Å². The summed E-state index contributed by atoms with van der Waals surface area (Å²) in [5.41, 5.74) is 1.72. The standard InChI is InChI=1S/C16H19N3O/c1-15(2)12-6-5-10-9-19(4)18-13(10)16(12,3)7-11(8-17)14(15)20/h7,9,12H,5-6H2,1-4H3/t12-,16-/m0/s1. The molecule has 0 saturated carbocycles. The summed E-state index contributed by atoms with van der Waals surface area (Å²) < 4.78 is 1.83. The number of allylic oxidation sites excluding steroid dienone is 2. The number of hydrogen-bond acceptors (Lipinski definition) is 3. The van der Waals surface area contributed by atoms with Gasteiger partial charge in [0.15, 0.2) is 5.78 Å². The summed E-state index contributed by atoms with van der Waals surface area (Å²) >= 11 is 0. The van der Waals surface area contributed by atoms with Crippen molar-refractivity contribution in [2.24, 2.45) is 18.4 Å². The van der Waals surface area contributed by atoms with Gasteiger partial charge in [0.05, 0.1) is 11.3 Å². The van der Waals surface area contributed by atoms with E-state index < -0.39 is 5.41 Å². The molecule has 0 N–H and O–H groups in total. The van der Waals surface area contributed by atoms with E-state index in [1.54, 1.807) is 0 Å². The molecule has 2 aliphatic rings. The Balaban J connectivity index is 2.28. The number of aromatic nitrogens is 2. The Kier molecular flexibility index (Phi) is 2.50. The van der Waals surface area contributed by atoms with Crippen molar-refractivity contribution in [2.45, 2.75) is 39.0 Å². The second-order valence-electron chi connectivity index (χ2n) is 6.77. The fraction of sp³-hybridized carbons (Fsp3) is 0.562. The maximum Gasteiger partial charge on any atom is 0.178 e. The molecular formula is C16H19N3O. The Morgan fingerprint density at radius 3 is 2.80 bits per heavy atom. The zero-order chi connectivity index (χ0) is 14.7. The Labute approximate surface area is 119 Å². The van der Waals surface area contributed by atoms with Crippen LogP contribution in [-0.4, -0.2) is 15.6 Å². The molecule has 4 nitrogen and oxygen atoms in total. The summed E-state index contributed by atoms with van der Waals surface area (Å²) in [4.78, 5) is 12.5. The Bertz CT molecular complexity index is 674. The highest BCUT2D eigenvalue weighted by atomic mass is 16.1. The van der Waals surface area contributed by atoms with Crippen molar-refractivity contribution in [1.82, 2.24) is 9.78 Å². The largest absolute Gasteiger partial charge is 0.293 e. The third kappa shape index (κ3) is 1.46. The van der Waals surface area contributed by atoms with E-state index in [2.05, 4.69) is 24.3 Å². The van der Waals surface area contributed by atoms with Crippen LogP contribution in [0.5, 0.6) is 0 Å². The number of rotatable bonds is 0. The molecule has 1 aromatic heterocycles. The Morgan fingerprint density at radius 2 is 2.15 bits per heavy atom. The third-order valence-corrected chi connectivity index (χ3v) is 5.11. The van der Waals surface area contributed by atoms with Crippen molar-refractivity contribution < 1.29 is 4.79 Å². The first kappa shape index (κ1) is 13.1. The highest BCUT2D eigenvalue weighted by Crippen LogP contribution is 2.53. The number of nitriles is 1. The van der Waals surface area contributed by atoms with Crippen molar-refractivity contribution in [1.29, 1.82) is 5.26 Å². The van der Waals surface area contributed by atoms with E-state index in [4.69, 9.17) is 0 Å². The van der Waals surface area contributed by atoms with Crippen LogP contribution in [0.2, 0.25) is 0 Å². The van der Waals surface area contributed by atoms with Gasteiger partial charge in [0.2, 0.25) is 0 Å². The highest BCUT2D eigenvalue weighted by molar-refractivity contribution is 6.04. The fourth-order valence-electron chi connectivity index (χ4n) is 4.17. The Hall–Kier alpha value is -1.89. The molecule has 104 valence electrons. The number of Topliss-reactive ketones (excluding diaryl/α,β-unsaturated/α-hetero) is 1. The SMILES string of the molecule is Cn1cc2c(n1)[C@@]1(C)C=C(C#N)C(=O)C(C)(C)[C@@H]1CC2. The number of hydrogen-bond donors (Lipinski definition) is 0. The topological polar surface area (TPSA) is 58.7 Å². The molecule has 0 aliphatic heterocycles. The predicted octanol–water partition coefficient (Wildman–Crippen LogP) is 2.30. The van der Waals surface area contributed by atoms with Crippen LogP contribution in [0.1, 0.15) is 38.4 Å². The van der Waals surface area contributed by atoms with Gasteiger partial charge >= 0.3 is 0 Å². The number of nitrogens with zero attached hydrogens (tertiary/aromatic N) is 3. The number of fused-ring (bicyclic) bond motifs is 3.